The van der Waals surface area contributed by atoms with Gasteiger partial charge in [0.2, 0.25) is 11.8 Å². The number of hydrogen-bond acceptors (Lipinski definition) is 4. The maximum Gasteiger partial charge on any atom is 0.230 e. The molecule has 1 aromatic heterocycles. The van der Waals surface area contributed by atoms with Gasteiger partial charge in [0.05, 0.1) is 13.7 Å². The quantitative estimate of drug-likeness (QED) is 0.240. The number of amides is 1. The Hall–Kier alpha value is -4.12. The first-order valence-corrected chi connectivity index (χ1v) is 13.8. The lowest BCUT2D eigenvalue weighted by atomic mass is 9.88. The van der Waals surface area contributed by atoms with Crippen LogP contribution in [-0.4, -0.2) is 32.1 Å². The van der Waals surface area contributed by atoms with E-state index in [0.717, 1.165) is 48.1 Å². The minimum absolute atomic E-state index is 0.0814. The Kier molecular flexibility index (Phi) is 8.26. The van der Waals surface area contributed by atoms with Gasteiger partial charge in [0.15, 0.2) is 0 Å². The fraction of sp³-hybridized carbons (Fsp3) is 0.294. The van der Waals surface area contributed by atoms with Gasteiger partial charge in [-0.1, -0.05) is 67.8 Å². The summed E-state index contributed by atoms with van der Waals surface area (Å²) < 4.78 is 5.33. The van der Waals surface area contributed by atoms with Crippen molar-refractivity contribution in [3.8, 4) is 28.1 Å². The largest absolute Gasteiger partial charge is 0.481 e. The Morgan fingerprint density at radius 2 is 1.46 bits per heavy atom. The third-order valence-electron chi connectivity index (χ3n) is 7.67. The van der Waals surface area contributed by atoms with Crippen molar-refractivity contribution in [1.82, 2.24) is 4.98 Å². The molecular weight excluding hydrogens is 482 g/mol. The average molecular weight is 520 g/mol. The van der Waals surface area contributed by atoms with Crippen LogP contribution in [0.3, 0.4) is 0 Å². The van der Waals surface area contributed by atoms with Crippen LogP contribution in [0.5, 0.6) is 5.88 Å². The number of anilines is 2. The van der Waals surface area contributed by atoms with Crippen molar-refractivity contribution in [2.45, 2.75) is 38.6 Å². The van der Waals surface area contributed by atoms with Crippen LogP contribution < -0.4 is 14.5 Å². The van der Waals surface area contributed by atoms with E-state index in [9.17, 15) is 4.79 Å². The van der Waals surface area contributed by atoms with Crippen LogP contribution in [0, 0.1) is 5.92 Å². The number of benzene rings is 3. The first-order valence-electron chi connectivity index (χ1n) is 13.8. The third-order valence-corrected chi connectivity index (χ3v) is 7.67. The standard InChI is InChI=1S/C34H37N3O2/c1-36(2)31-18-16-27(17-19-31)26-14-12-25(13-15-26)24-37(34(38)28-8-5-4-6-9-28)32-11-7-10-29(22-32)30-20-21-35-33(23-30)39-3/h7,10-23,28H,4-6,8-9,24H2,1-3H3. The summed E-state index contributed by atoms with van der Waals surface area (Å²) in [6.07, 6.45) is 7.17. The van der Waals surface area contributed by atoms with E-state index in [1.165, 1.54) is 23.2 Å². The topological polar surface area (TPSA) is 45.7 Å². The lowest BCUT2D eigenvalue weighted by Gasteiger charge is -2.30. The molecule has 0 atom stereocenters. The molecule has 5 rings (SSSR count). The van der Waals surface area contributed by atoms with Gasteiger partial charge in [0, 0.05) is 43.7 Å². The molecule has 0 spiro atoms. The predicted octanol–water partition coefficient (Wildman–Crippen LogP) is 7.60. The number of aromatic nitrogens is 1. The minimum Gasteiger partial charge on any atom is -0.481 e. The first-order chi connectivity index (χ1) is 19.0. The van der Waals surface area contributed by atoms with Crippen molar-refractivity contribution in [2.75, 3.05) is 31.0 Å². The highest BCUT2D eigenvalue weighted by molar-refractivity contribution is 5.95. The van der Waals surface area contributed by atoms with E-state index in [4.69, 9.17) is 4.74 Å². The molecule has 1 fully saturated rings. The summed E-state index contributed by atoms with van der Waals surface area (Å²) in [4.78, 5) is 22.2. The fourth-order valence-electron chi connectivity index (χ4n) is 5.36. The van der Waals surface area contributed by atoms with Gasteiger partial charge >= 0.3 is 0 Å². The second kappa shape index (κ2) is 12.2. The second-order valence-corrected chi connectivity index (χ2v) is 10.5. The van der Waals surface area contributed by atoms with E-state index in [2.05, 4.69) is 70.5 Å². The Balaban J connectivity index is 1.43. The molecular formula is C34H37N3O2. The number of nitrogens with zero attached hydrogens (tertiary/aromatic N) is 3. The van der Waals surface area contributed by atoms with Crippen LogP contribution in [0.15, 0.2) is 91.1 Å². The Bertz CT molecular complexity index is 1390. The zero-order valence-electron chi connectivity index (χ0n) is 23.1. The molecule has 3 aromatic carbocycles. The number of hydrogen-bond donors (Lipinski definition) is 0. The summed E-state index contributed by atoms with van der Waals surface area (Å²) in [5.41, 5.74) is 7.61. The van der Waals surface area contributed by atoms with Gasteiger partial charge in [0.1, 0.15) is 0 Å². The molecule has 1 aliphatic rings. The summed E-state index contributed by atoms with van der Waals surface area (Å²) in [5, 5.41) is 0. The molecule has 5 nitrogen and oxygen atoms in total. The number of ether oxygens (including phenoxy) is 1. The number of carbonyl (C=O) groups excluding carboxylic acids is 1. The number of carbonyl (C=O) groups is 1. The summed E-state index contributed by atoms with van der Waals surface area (Å²) in [5.74, 6) is 0.880. The SMILES string of the molecule is COc1cc(-c2cccc(N(Cc3ccc(-c4ccc(N(C)C)cc4)cc3)C(=O)C3CCCCC3)c2)ccn1. The number of rotatable bonds is 8. The highest BCUT2D eigenvalue weighted by atomic mass is 16.5. The summed E-state index contributed by atoms with van der Waals surface area (Å²) in [6.45, 7) is 0.540. The van der Waals surface area contributed by atoms with Gasteiger partial charge in [0.25, 0.3) is 0 Å². The van der Waals surface area contributed by atoms with Gasteiger partial charge in [-0.05, 0) is 71.0 Å². The van der Waals surface area contributed by atoms with Crippen molar-refractivity contribution in [3.05, 3.63) is 96.7 Å². The molecule has 5 heteroatoms. The van der Waals surface area contributed by atoms with Crippen molar-refractivity contribution in [1.29, 1.82) is 0 Å². The predicted molar refractivity (Wildman–Crippen MR) is 160 cm³/mol. The lowest BCUT2D eigenvalue weighted by Crippen LogP contribution is -2.36. The molecule has 200 valence electrons. The van der Waals surface area contributed by atoms with E-state index in [1.807, 2.05) is 43.3 Å². The van der Waals surface area contributed by atoms with E-state index in [1.54, 1.807) is 13.3 Å². The zero-order valence-corrected chi connectivity index (χ0v) is 23.1. The van der Waals surface area contributed by atoms with Crippen molar-refractivity contribution in [2.24, 2.45) is 5.92 Å². The van der Waals surface area contributed by atoms with Crippen LogP contribution >= 0.6 is 0 Å². The maximum absolute atomic E-state index is 13.9. The van der Waals surface area contributed by atoms with E-state index in [0.29, 0.717) is 12.4 Å². The molecule has 0 unspecified atom stereocenters. The molecule has 1 saturated carbocycles. The van der Waals surface area contributed by atoms with Crippen LogP contribution in [-0.2, 0) is 11.3 Å². The Morgan fingerprint density at radius 1 is 0.795 bits per heavy atom. The average Bonchev–Trinajstić information content (AvgIpc) is 3.00. The smallest absolute Gasteiger partial charge is 0.230 e. The molecule has 39 heavy (non-hydrogen) atoms. The molecule has 0 bridgehead atoms. The maximum atomic E-state index is 13.9. The normalized spacial score (nSPS) is 13.6. The molecule has 0 aliphatic heterocycles. The summed E-state index contributed by atoms with van der Waals surface area (Å²) >= 11 is 0. The van der Waals surface area contributed by atoms with E-state index < -0.39 is 0 Å². The molecule has 1 amide bonds. The molecule has 0 N–H and O–H groups in total. The molecule has 0 saturated heterocycles. The molecule has 1 heterocycles. The van der Waals surface area contributed by atoms with Gasteiger partial charge in [-0.25, -0.2) is 4.98 Å². The highest BCUT2D eigenvalue weighted by Crippen LogP contribution is 2.32. The second-order valence-electron chi connectivity index (χ2n) is 10.5. The van der Waals surface area contributed by atoms with Crippen LogP contribution in [0.25, 0.3) is 22.3 Å². The van der Waals surface area contributed by atoms with Gasteiger partial charge in [-0.15, -0.1) is 0 Å². The lowest BCUT2D eigenvalue weighted by molar-refractivity contribution is -0.123. The minimum atomic E-state index is 0.0814. The third kappa shape index (κ3) is 6.31. The van der Waals surface area contributed by atoms with E-state index >= 15 is 0 Å². The summed E-state index contributed by atoms with van der Waals surface area (Å²) in [6, 6.07) is 29.3. The van der Waals surface area contributed by atoms with Crippen molar-refractivity contribution < 1.29 is 9.53 Å². The van der Waals surface area contributed by atoms with Crippen molar-refractivity contribution in [3.63, 3.8) is 0 Å². The van der Waals surface area contributed by atoms with Crippen molar-refractivity contribution >= 4 is 17.3 Å². The molecule has 0 radical (unpaired) electrons. The Labute approximate surface area is 232 Å². The zero-order chi connectivity index (χ0) is 27.2. The monoisotopic (exact) mass is 519 g/mol. The Morgan fingerprint density at radius 3 is 2.13 bits per heavy atom. The van der Waals surface area contributed by atoms with Crippen LogP contribution in [0.2, 0.25) is 0 Å². The first kappa shape index (κ1) is 26.5. The molecule has 1 aliphatic carbocycles. The van der Waals surface area contributed by atoms with Gasteiger partial charge in [-0.2, -0.15) is 0 Å². The van der Waals surface area contributed by atoms with Gasteiger partial charge < -0.3 is 14.5 Å². The number of methoxy groups -OCH3 is 1. The molecule has 4 aromatic rings. The van der Waals surface area contributed by atoms with Crippen LogP contribution in [0.1, 0.15) is 37.7 Å². The van der Waals surface area contributed by atoms with Crippen LogP contribution in [0.4, 0.5) is 11.4 Å². The fourth-order valence-corrected chi connectivity index (χ4v) is 5.36. The van der Waals surface area contributed by atoms with E-state index in [-0.39, 0.29) is 11.8 Å². The number of pyridine rings is 1. The van der Waals surface area contributed by atoms with Gasteiger partial charge in [-0.3, -0.25) is 4.79 Å². The summed E-state index contributed by atoms with van der Waals surface area (Å²) in [7, 11) is 5.72. The highest BCUT2D eigenvalue weighted by Gasteiger charge is 2.27.